The number of aromatic hydroxyl groups is 1. The van der Waals surface area contributed by atoms with Crippen LogP contribution in [0, 0.1) is 0 Å². The molecular weight excluding hydrogens is 475 g/mol. The number of fused-ring (bicyclic) bond motifs is 1. The summed E-state index contributed by atoms with van der Waals surface area (Å²) in [7, 11) is 1.47. The predicted molar refractivity (Wildman–Crippen MR) is 126 cm³/mol. The largest absolute Gasteiger partial charge is 0.504 e. The number of methoxy groups -OCH3 is 1. The molecule has 166 valence electrons. The minimum Gasteiger partial charge on any atom is -0.504 e. The standard InChI is InChI=1S/C22H19Cl3N4O3/c1-10(2)19-18-21(29(28-19)20-13(24)8-12(23)9-14(20)25)26-17(27-22(18)31)7-11-4-5-15(30)16(6-11)32-3/h4-6,8-10,30H,7H2,1-3H3,(H,26,27,31). The van der Waals surface area contributed by atoms with Crippen molar-refractivity contribution in [3.05, 3.63) is 72.8 Å². The molecule has 0 unspecified atom stereocenters. The van der Waals surface area contributed by atoms with E-state index in [1.54, 1.807) is 24.3 Å². The third-order valence-electron chi connectivity index (χ3n) is 4.97. The highest BCUT2D eigenvalue weighted by Crippen LogP contribution is 2.35. The Morgan fingerprint density at radius 3 is 2.47 bits per heavy atom. The van der Waals surface area contributed by atoms with Crippen LogP contribution in [0.25, 0.3) is 16.7 Å². The van der Waals surface area contributed by atoms with Crippen LogP contribution >= 0.6 is 34.8 Å². The van der Waals surface area contributed by atoms with Crippen molar-refractivity contribution in [1.82, 2.24) is 19.7 Å². The number of rotatable bonds is 5. The molecule has 2 aromatic carbocycles. The maximum atomic E-state index is 13.1. The van der Waals surface area contributed by atoms with Crippen LogP contribution in [0.15, 0.2) is 35.1 Å². The zero-order valence-electron chi connectivity index (χ0n) is 17.4. The molecule has 2 N–H and O–H groups in total. The fourth-order valence-corrected chi connectivity index (χ4v) is 4.48. The summed E-state index contributed by atoms with van der Waals surface area (Å²) in [4.78, 5) is 20.6. The minimum absolute atomic E-state index is 0.0276. The lowest BCUT2D eigenvalue weighted by Gasteiger charge is -2.10. The summed E-state index contributed by atoms with van der Waals surface area (Å²) in [5, 5.41) is 15.8. The fraction of sp³-hybridized carbons (Fsp3) is 0.227. The maximum absolute atomic E-state index is 13.1. The highest BCUT2D eigenvalue weighted by molar-refractivity contribution is 6.40. The Kier molecular flexibility index (Phi) is 6.07. The molecule has 0 aliphatic carbocycles. The summed E-state index contributed by atoms with van der Waals surface area (Å²) in [5.41, 5.74) is 1.79. The van der Waals surface area contributed by atoms with Crippen LogP contribution in [-0.2, 0) is 6.42 Å². The van der Waals surface area contributed by atoms with Crippen molar-refractivity contribution in [2.45, 2.75) is 26.2 Å². The molecule has 0 atom stereocenters. The molecule has 2 heterocycles. The average molecular weight is 494 g/mol. The molecule has 4 aromatic rings. The van der Waals surface area contributed by atoms with E-state index in [2.05, 4.69) is 15.1 Å². The van der Waals surface area contributed by atoms with Gasteiger partial charge in [0.2, 0.25) is 0 Å². The minimum atomic E-state index is -0.313. The molecule has 4 rings (SSSR count). The molecule has 0 bridgehead atoms. The van der Waals surface area contributed by atoms with Crippen molar-refractivity contribution in [3.8, 4) is 17.2 Å². The van der Waals surface area contributed by atoms with E-state index >= 15 is 0 Å². The van der Waals surface area contributed by atoms with Crippen molar-refractivity contribution >= 4 is 45.8 Å². The Hall–Kier alpha value is -2.74. The summed E-state index contributed by atoms with van der Waals surface area (Å²) in [6.07, 6.45) is 0.298. The molecule has 2 aromatic heterocycles. The fourth-order valence-electron chi connectivity index (χ4n) is 3.50. The number of H-pyrrole nitrogens is 1. The topological polar surface area (TPSA) is 93.0 Å². The molecule has 10 heteroatoms. The molecule has 0 aliphatic rings. The predicted octanol–water partition coefficient (Wildman–Crippen LogP) is 5.50. The lowest BCUT2D eigenvalue weighted by Crippen LogP contribution is -2.14. The van der Waals surface area contributed by atoms with Gasteiger partial charge >= 0.3 is 0 Å². The number of nitrogens with one attached hydrogen (secondary N) is 1. The summed E-state index contributed by atoms with van der Waals surface area (Å²) < 4.78 is 6.65. The van der Waals surface area contributed by atoms with Gasteiger partial charge in [0, 0.05) is 11.4 Å². The Bertz CT molecular complexity index is 1370. The van der Waals surface area contributed by atoms with Gasteiger partial charge in [-0.25, -0.2) is 9.67 Å². The zero-order chi connectivity index (χ0) is 23.2. The Labute approximate surface area is 198 Å². The Balaban J connectivity index is 1.93. The lowest BCUT2D eigenvalue weighted by molar-refractivity contribution is 0.373. The SMILES string of the molecule is COc1cc(Cc2nc3c(c(C(C)C)nn3-c3c(Cl)cc(Cl)cc3Cl)c(=O)[nH]2)ccc1O. The van der Waals surface area contributed by atoms with Crippen LogP contribution in [0.5, 0.6) is 11.5 Å². The maximum Gasteiger partial charge on any atom is 0.262 e. The van der Waals surface area contributed by atoms with Crippen LogP contribution in [0.2, 0.25) is 15.1 Å². The first-order valence-corrected chi connectivity index (χ1v) is 10.9. The molecule has 0 aliphatic heterocycles. The first-order chi connectivity index (χ1) is 15.2. The average Bonchev–Trinajstić information content (AvgIpc) is 3.09. The second-order valence-corrected chi connectivity index (χ2v) is 8.81. The van der Waals surface area contributed by atoms with Gasteiger partial charge in [0.25, 0.3) is 5.56 Å². The van der Waals surface area contributed by atoms with Crippen molar-refractivity contribution in [1.29, 1.82) is 0 Å². The Morgan fingerprint density at radius 1 is 1.16 bits per heavy atom. The van der Waals surface area contributed by atoms with Gasteiger partial charge in [-0.15, -0.1) is 0 Å². The van der Waals surface area contributed by atoms with Crippen LogP contribution in [0.4, 0.5) is 0 Å². The number of nitrogens with zero attached hydrogens (tertiary/aromatic N) is 3. The highest BCUT2D eigenvalue weighted by atomic mass is 35.5. The smallest absolute Gasteiger partial charge is 0.262 e. The van der Waals surface area contributed by atoms with Gasteiger partial charge in [-0.2, -0.15) is 5.10 Å². The normalized spacial score (nSPS) is 11.5. The number of hydrogen-bond donors (Lipinski definition) is 2. The monoisotopic (exact) mass is 492 g/mol. The summed E-state index contributed by atoms with van der Waals surface area (Å²) >= 11 is 18.9. The van der Waals surface area contributed by atoms with Crippen molar-refractivity contribution in [2.24, 2.45) is 0 Å². The molecular formula is C22H19Cl3N4O3. The van der Waals surface area contributed by atoms with E-state index in [0.717, 1.165) is 5.56 Å². The number of benzene rings is 2. The van der Waals surface area contributed by atoms with Gasteiger partial charge in [0.15, 0.2) is 17.1 Å². The molecule has 0 spiro atoms. The van der Waals surface area contributed by atoms with Gasteiger partial charge in [-0.1, -0.05) is 54.7 Å². The lowest BCUT2D eigenvalue weighted by atomic mass is 10.1. The van der Waals surface area contributed by atoms with Gasteiger partial charge in [-0.3, -0.25) is 4.79 Å². The first-order valence-electron chi connectivity index (χ1n) is 9.72. The summed E-state index contributed by atoms with van der Waals surface area (Å²) in [6.45, 7) is 3.88. The first kappa shape index (κ1) is 22.5. The van der Waals surface area contributed by atoms with E-state index in [1.165, 1.54) is 17.9 Å². The summed E-state index contributed by atoms with van der Waals surface area (Å²) in [5.74, 6) is 0.726. The van der Waals surface area contributed by atoms with E-state index in [-0.39, 0.29) is 27.3 Å². The van der Waals surface area contributed by atoms with Crippen LogP contribution in [-0.4, -0.2) is 32.0 Å². The van der Waals surface area contributed by atoms with E-state index < -0.39 is 0 Å². The van der Waals surface area contributed by atoms with Gasteiger partial charge in [0.1, 0.15) is 16.9 Å². The van der Waals surface area contributed by atoms with Crippen molar-refractivity contribution in [3.63, 3.8) is 0 Å². The van der Waals surface area contributed by atoms with Crippen LogP contribution < -0.4 is 10.3 Å². The molecule has 0 saturated heterocycles. The number of phenols is 1. The number of aromatic amines is 1. The molecule has 0 saturated carbocycles. The van der Waals surface area contributed by atoms with Crippen LogP contribution in [0.3, 0.4) is 0 Å². The van der Waals surface area contributed by atoms with E-state index in [4.69, 9.17) is 39.5 Å². The quantitative estimate of drug-likeness (QED) is 0.383. The number of halogens is 3. The van der Waals surface area contributed by atoms with Crippen molar-refractivity contribution < 1.29 is 9.84 Å². The van der Waals surface area contributed by atoms with Crippen LogP contribution in [0.1, 0.15) is 36.8 Å². The molecule has 0 radical (unpaired) electrons. The van der Waals surface area contributed by atoms with Gasteiger partial charge in [0.05, 0.1) is 22.8 Å². The third-order valence-corrected chi connectivity index (χ3v) is 5.76. The highest BCUT2D eigenvalue weighted by Gasteiger charge is 2.23. The van der Waals surface area contributed by atoms with Crippen molar-refractivity contribution in [2.75, 3.05) is 7.11 Å². The van der Waals surface area contributed by atoms with E-state index in [9.17, 15) is 9.90 Å². The van der Waals surface area contributed by atoms with E-state index in [0.29, 0.717) is 45.4 Å². The number of hydrogen-bond acceptors (Lipinski definition) is 5. The van der Waals surface area contributed by atoms with Gasteiger partial charge < -0.3 is 14.8 Å². The molecule has 0 amide bonds. The molecule has 0 fully saturated rings. The van der Waals surface area contributed by atoms with E-state index in [1.807, 2.05) is 13.8 Å². The molecule has 32 heavy (non-hydrogen) atoms. The number of phenolic OH excluding ortho intramolecular Hbond substituents is 1. The Morgan fingerprint density at radius 2 is 1.84 bits per heavy atom. The third kappa shape index (κ3) is 4.03. The number of ether oxygens (including phenoxy) is 1. The summed E-state index contributed by atoms with van der Waals surface area (Å²) in [6, 6.07) is 8.06. The zero-order valence-corrected chi connectivity index (χ0v) is 19.7. The second-order valence-electron chi connectivity index (χ2n) is 7.56. The number of aromatic nitrogens is 4. The molecule has 7 nitrogen and oxygen atoms in total. The second kappa shape index (κ2) is 8.65. The van der Waals surface area contributed by atoms with Gasteiger partial charge in [-0.05, 0) is 35.7 Å².